The van der Waals surface area contributed by atoms with E-state index in [1.807, 2.05) is 9.80 Å². The predicted octanol–water partition coefficient (Wildman–Crippen LogP) is 1.79. The summed E-state index contributed by atoms with van der Waals surface area (Å²) in [7, 11) is 0. The number of likely N-dealkylation sites (tertiary alicyclic amines) is 1. The normalized spacial score (nSPS) is 24.1. The molecular formula is C19H28N4O2S. The minimum atomic E-state index is -0.111. The first-order valence-corrected chi connectivity index (χ1v) is 10.6. The number of carbonyl (C=O) groups is 2. The van der Waals surface area contributed by atoms with Gasteiger partial charge in [-0.2, -0.15) is 0 Å². The summed E-state index contributed by atoms with van der Waals surface area (Å²) in [5, 5.41) is 5.11. The van der Waals surface area contributed by atoms with Crippen LogP contribution in [-0.4, -0.2) is 54.0 Å². The van der Waals surface area contributed by atoms with E-state index in [0.717, 1.165) is 32.4 Å². The molecule has 3 amide bonds. The molecule has 3 aliphatic rings. The second kappa shape index (κ2) is 7.56. The quantitative estimate of drug-likeness (QED) is 0.841. The van der Waals surface area contributed by atoms with E-state index in [0.29, 0.717) is 25.6 Å². The van der Waals surface area contributed by atoms with Crippen LogP contribution in [-0.2, 0) is 17.8 Å². The van der Waals surface area contributed by atoms with Gasteiger partial charge in [0.2, 0.25) is 5.91 Å². The molecule has 0 aromatic carbocycles. The summed E-state index contributed by atoms with van der Waals surface area (Å²) >= 11 is 1.78. The van der Waals surface area contributed by atoms with E-state index in [-0.39, 0.29) is 23.9 Å². The van der Waals surface area contributed by atoms with Crippen molar-refractivity contribution in [2.45, 2.75) is 44.7 Å². The van der Waals surface area contributed by atoms with Crippen LogP contribution in [0.15, 0.2) is 11.4 Å². The van der Waals surface area contributed by atoms with Crippen molar-refractivity contribution in [2.75, 3.05) is 26.2 Å². The van der Waals surface area contributed by atoms with Crippen molar-refractivity contribution in [3.63, 3.8) is 0 Å². The van der Waals surface area contributed by atoms with E-state index >= 15 is 0 Å². The van der Waals surface area contributed by atoms with Gasteiger partial charge in [-0.15, -0.1) is 11.3 Å². The molecule has 2 aliphatic heterocycles. The van der Waals surface area contributed by atoms with Crippen LogP contribution in [0.5, 0.6) is 0 Å². The monoisotopic (exact) mass is 376 g/mol. The highest BCUT2D eigenvalue weighted by Crippen LogP contribution is 2.31. The Balaban J connectivity index is 1.30. The molecule has 0 radical (unpaired) electrons. The Morgan fingerprint density at radius 1 is 1.27 bits per heavy atom. The van der Waals surface area contributed by atoms with Gasteiger partial charge in [-0.3, -0.25) is 4.79 Å². The fourth-order valence-corrected chi connectivity index (χ4v) is 4.92. The Morgan fingerprint density at radius 3 is 2.92 bits per heavy atom. The number of hydrogen-bond acceptors (Lipinski definition) is 4. The van der Waals surface area contributed by atoms with E-state index in [4.69, 9.17) is 5.73 Å². The molecule has 142 valence electrons. The number of piperidine rings is 1. The number of carbonyl (C=O) groups excluding carboxylic acids is 2. The van der Waals surface area contributed by atoms with Crippen LogP contribution in [0.2, 0.25) is 0 Å². The molecule has 2 unspecified atom stereocenters. The smallest absolute Gasteiger partial charge is 0.320 e. The van der Waals surface area contributed by atoms with Crippen molar-refractivity contribution < 1.29 is 9.59 Å². The van der Waals surface area contributed by atoms with Gasteiger partial charge in [0.1, 0.15) is 0 Å². The molecule has 6 nitrogen and oxygen atoms in total. The summed E-state index contributed by atoms with van der Waals surface area (Å²) in [6.07, 6.45) is 5.05. The number of nitrogens with one attached hydrogen (secondary N) is 1. The molecule has 1 saturated carbocycles. The fraction of sp³-hybridized carbons (Fsp3) is 0.684. The lowest BCUT2D eigenvalue weighted by Crippen LogP contribution is -2.51. The van der Waals surface area contributed by atoms with E-state index < -0.39 is 0 Å². The maximum absolute atomic E-state index is 12.9. The van der Waals surface area contributed by atoms with Gasteiger partial charge in [0, 0.05) is 43.6 Å². The molecule has 26 heavy (non-hydrogen) atoms. The Morgan fingerprint density at radius 2 is 2.12 bits per heavy atom. The van der Waals surface area contributed by atoms with Crippen molar-refractivity contribution in [3.8, 4) is 0 Å². The first kappa shape index (κ1) is 17.8. The summed E-state index contributed by atoms with van der Waals surface area (Å²) in [5.74, 6) is 0.527. The van der Waals surface area contributed by atoms with E-state index in [1.165, 1.54) is 23.3 Å². The van der Waals surface area contributed by atoms with E-state index in [9.17, 15) is 9.59 Å². The molecule has 1 saturated heterocycles. The first-order valence-electron chi connectivity index (χ1n) is 9.74. The zero-order chi connectivity index (χ0) is 18.1. The number of amides is 3. The molecule has 1 aliphatic carbocycles. The summed E-state index contributed by atoms with van der Waals surface area (Å²) in [6, 6.07) is 2.28. The summed E-state index contributed by atoms with van der Waals surface area (Å²) in [6.45, 7) is 3.30. The number of hydrogen-bond donors (Lipinski definition) is 2. The second-order valence-corrected chi connectivity index (χ2v) is 8.86. The lowest BCUT2D eigenvalue weighted by atomic mass is 9.97. The Labute approximate surface area is 158 Å². The lowest BCUT2D eigenvalue weighted by Gasteiger charge is -2.37. The summed E-state index contributed by atoms with van der Waals surface area (Å²) < 4.78 is 0. The Bertz CT molecular complexity index is 672. The van der Waals surface area contributed by atoms with Crippen LogP contribution < -0.4 is 11.1 Å². The topological polar surface area (TPSA) is 78.7 Å². The highest BCUT2D eigenvalue weighted by molar-refractivity contribution is 7.10. The molecular weight excluding hydrogens is 348 g/mol. The van der Waals surface area contributed by atoms with Crippen LogP contribution in [0.4, 0.5) is 4.79 Å². The van der Waals surface area contributed by atoms with E-state index in [2.05, 4.69) is 16.8 Å². The highest BCUT2D eigenvalue weighted by atomic mass is 32.1. The van der Waals surface area contributed by atoms with Gasteiger partial charge in [-0.1, -0.05) is 0 Å². The van der Waals surface area contributed by atoms with Crippen LogP contribution in [0.1, 0.15) is 36.1 Å². The minimum absolute atomic E-state index is 0.0531. The van der Waals surface area contributed by atoms with Gasteiger partial charge in [0.25, 0.3) is 0 Å². The lowest BCUT2D eigenvalue weighted by molar-refractivity contribution is -0.126. The van der Waals surface area contributed by atoms with Gasteiger partial charge in [0.05, 0.1) is 5.92 Å². The number of nitrogens with two attached hydrogens (primary N) is 1. The van der Waals surface area contributed by atoms with E-state index in [1.54, 1.807) is 11.3 Å². The standard InChI is InChI=1S/C19H28N4O2S/c20-16(13-3-4-13)10-21-18(24)15-2-1-7-22(12-15)19(25)23-8-5-17-14(11-23)6-9-26-17/h6,9,13,15-16H,1-5,7-8,10-12,20H2,(H,21,24). The van der Waals surface area contributed by atoms with Crippen molar-refractivity contribution in [1.82, 2.24) is 15.1 Å². The third-order valence-electron chi connectivity index (χ3n) is 5.88. The highest BCUT2D eigenvalue weighted by Gasteiger charge is 2.33. The van der Waals surface area contributed by atoms with Crippen LogP contribution in [0.3, 0.4) is 0 Å². The van der Waals surface area contributed by atoms with Gasteiger partial charge in [-0.25, -0.2) is 4.79 Å². The number of fused-ring (bicyclic) bond motifs is 1. The van der Waals surface area contributed by atoms with Gasteiger partial charge in [0.15, 0.2) is 0 Å². The van der Waals surface area contributed by atoms with Crippen molar-refractivity contribution in [3.05, 3.63) is 21.9 Å². The maximum atomic E-state index is 12.9. The molecule has 1 aromatic rings. The Kier molecular flexibility index (Phi) is 5.18. The van der Waals surface area contributed by atoms with Crippen molar-refractivity contribution >= 4 is 23.3 Å². The minimum Gasteiger partial charge on any atom is -0.354 e. The van der Waals surface area contributed by atoms with Gasteiger partial charge < -0.3 is 20.9 Å². The summed E-state index contributed by atoms with van der Waals surface area (Å²) in [4.78, 5) is 30.6. The zero-order valence-electron chi connectivity index (χ0n) is 15.2. The predicted molar refractivity (Wildman–Crippen MR) is 102 cm³/mol. The molecule has 3 heterocycles. The second-order valence-electron chi connectivity index (χ2n) is 7.85. The summed E-state index contributed by atoms with van der Waals surface area (Å²) in [5.41, 5.74) is 7.35. The third-order valence-corrected chi connectivity index (χ3v) is 6.90. The van der Waals surface area contributed by atoms with Crippen molar-refractivity contribution in [2.24, 2.45) is 17.6 Å². The number of thiophene rings is 1. The fourth-order valence-electron chi connectivity index (χ4n) is 4.03. The molecule has 4 rings (SSSR count). The van der Waals surface area contributed by atoms with Gasteiger partial charge in [-0.05, 0) is 55.0 Å². The average molecular weight is 377 g/mol. The number of urea groups is 1. The number of rotatable bonds is 4. The molecule has 7 heteroatoms. The maximum Gasteiger partial charge on any atom is 0.320 e. The number of nitrogens with zero attached hydrogens (tertiary/aromatic N) is 2. The Hall–Kier alpha value is -1.60. The van der Waals surface area contributed by atoms with Crippen LogP contribution in [0.25, 0.3) is 0 Å². The van der Waals surface area contributed by atoms with Gasteiger partial charge >= 0.3 is 6.03 Å². The van der Waals surface area contributed by atoms with Crippen molar-refractivity contribution in [1.29, 1.82) is 0 Å². The zero-order valence-corrected chi connectivity index (χ0v) is 16.0. The van der Waals surface area contributed by atoms with Crippen LogP contribution in [0, 0.1) is 11.8 Å². The molecule has 3 N–H and O–H groups in total. The largest absolute Gasteiger partial charge is 0.354 e. The third kappa shape index (κ3) is 3.88. The molecule has 1 aromatic heterocycles. The molecule has 0 spiro atoms. The van der Waals surface area contributed by atoms with Crippen LogP contribution >= 0.6 is 11.3 Å². The SMILES string of the molecule is NC(CNC(=O)C1CCCN(C(=O)N2CCc3sccc3C2)C1)C1CC1. The molecule has 2 fully saturated rings. The molecule has 0 bridgehead atoms. The first-order chi connectivity index (χ1) is 12.6. The molecule has 2 atom stereocenters. The average Bonchev–Trinajstić information content (AvgIpc) is 3.42.